The zero-order valence-corrected chi connectivity index (χ0v) is 19.1. The van der Waals surface area contributed by atoms with Gasteiger partial charge < -0.3 is 14.1 Å². The third-order valence-electron chi connectivity index (χ3n) is 4.74. The van der Waals surface area contributed by atoms with Gasteiger partial charge in [0.1, 0.15) is 9.96 Å². The molecule has 31 heavy (non-hydrogen) atoms. The van der Waals surface area contributed by atoms with E-state index >= 15 is 0 Å². The molecule has 9 nitrogen and oxygen atoms in total. The average molecular weight is 481 g/mol. The van der Waals surface area contributed by atoms with Gasteiger partial charge in [-0.1, -0.05) is 17.8 Å². The highest BCUT2D eigenvalue weighted by molar-refractivity contribution is 7.99. The number of thioether (sulfide) groups is 1. The monoisotopic (exact) mass is 480 g/mol. The van der Waals surface area contributed by atoms with Gasteiger partial charge in [-0.15, -0.1) is 21.5 Å². The first-order valence-electron chi connectivity index (χ1n) is 9.39. The van der Waals surface area contributed by atoms with Gasteiger partial charge in [-0.05, 0) is 35.7 Å². The predicted octanol–water partition coefficient (Wildman–Crippen LogP) is 2.43. The number of piperazine rings is 1. The zero-order valence-electron chi connectivity index (χ0n) is 16.6. The number of carbonyl (C=O) groups excluding carboxylic acids is 1. The molecule has 12 heteroatoms. The van der Waals surface area contributed by atoms with E-state index in [2.05, 4.69) is 10.2 Å². The maximum atomic E-state index is 12.6. The van der Waals surface area contributed by atoms with Crippen LogP contribution in [0.4, 0.5) is 0 Å². The molecule has 0 N–H and O–H groups in total. The molecule has 1 fully saturated rings. The lowest BCUT2D eigenvalue weighted by molar-refractivity contribution is -0.129. The summed E-state index contributed by atoms with van der Waals surface area (Å²) in [5, 5.41) is 10.0. The molecule has 3 heterocycles. The Bertz CT molecular complexity index is 1120. The highest BCUT2D eigenvalue weighted by Gasteiger charge is 2.30. The summed E-state index contributed by atoms with van der Waals surface area (Å²) >= 11 is 2.36. The summed E-state index contributed by atoms with van der Waals surface area (Å²) in [6.07, 6.45) is 0. The number of benzene rings is 1. The van der Waals surface area contributed by atoms with Crippen LogP contribution in [0.5, 0.6) is 5.75 Å². The molecule has 1 saturated heterocycles. The van der Waals surface area contributed by atoms with Crippen LogP contribution in [0.3, 0.4) is 0 Å². The van der Waals surface area contributed by atoms with E-state index in [9.17, 15) is 13.2 Å². The fourth-order valence-electron chi connectivity index (χ4n) is 3.05. The first-order chi connectivity index (χ1) is 15.0. The van der Waals surface area contributed by atoms with Crippen LogP contribution in [0.25, 0.3) is 11.5 Å². The third-order valence-corrected chi connectivity index (χ3v) is 8.82. The number of carbonyl (C=O) groups is 1. The Morgan fingerprint density at radius 1 is 1.16 bits per heavy atom. The van der Waals surface area contributed by atoms with Crippen molar-refractivity contribution in [1.29, 1.82) is 0 Å². The molecular weight excluding hydrogens is 460 g/mol. The quantitative estimate of drug-likeness (QED) is 0.475. The van der Waals surface area contributed by atoms with Gasteiger partial charge in [0.15, 0.2) is 0 Å². The summed E-state index contributed by atoms with van der Waals surface area (Å²) in [6, 6.07) is 10.5. The lowest BCUT2D eigenvalue weighted by Gasteiger charge is -2.33. The Labute approximate surface area is 188 Å². The molecule has 0 radical (unpaired) electrons. The number of sulfonamides is 1. The highest BCUT2D eigenvalue weighted by atomic mass is 32.2. The summed E-state index contributed by atoms with van der Waals surface area (Å²) < 4.78 is 37.7. The van der Waals surface area contributed by atoms with Crippen LogP contribution in [-0.2, 0) is 14.8 Å². The van der Waals surface area contributed by atoms with Crippen molar-refractivity contribution >= 4 is 39.0 Å². The van der Waals surface area contributed by atoms with E-state index in [0.29, 0.717) is 28.4 Å². The molecule has 1 amide bonds. The molecule has 0 bridgehead atoms. The SMILES string of the molecule is COc1ccc(-c2nnc(SCC(=O)N3CCN(S(=O)(=O)c4cccs4)CC3)o2)cc1. The van der Waals surface area contributed by atoms with Crippen LogP contribution < -0.4 is 4.74 Å². The maximum Gasteiger partial charge on any atom is 0.277 e. The summed E-state index contributed by atoms with van der Waals surface area (Å²) in [4.78, 5) is 14.2. The molecule has 0 aliphatic carbocycles. The van der Waals surface area contributed by atoms with Crippen molar-refractivity contribution < 1.29 is 22.4 Å². The van der Waals surface area contributed by atoms with Gasteiger partial charge in [-0.3, -0.25) is 4.79 Å². The first-order valence-corrected chi connectivity index (χ1v) is 12.7. The summed E-state index contributed by atoms with van der Waals surface area (Å²) in [7, 11) is -1.89. The maximum absolute atomic E-state index is 12.6. The Hall–Kier alpha value is -2.41. The number of aromatic nitrogens is 2. The molecule has 1 aliphatic rings. The fourth-order valence-corrected chi connectivity index (χ4v) is 6.28. The molecule has 0 unspecified atom stereocenters. The minimum atomic E-state index is -3.48. The van der Waals surface area contributed by atoms with E-state index in [-0.39, 0.29) is 24.7 Å². The van der Waals surface area contributed by atoms with Gasteiger partial charge in [-0.25, -0.2) is 8.42 Å². The van der Waals surface area contributed by atoms with Crippen LogP contribution in [0.2, 0.25) is 0 Å². The number of methoxy groups -OCH3 is 1. The molecule has 0 saturated carbocycles. The number of hydrogen-bond donors (Lipinski definition) is 0. The number of nitrogens with zero attached hydrogens (tertiary/aromatic N) is 4. The van der Waals surface area contributed by atoms with Gasteiger partial charge in [0.2, 0.25) is 11.8 Å². The van der Waals surface area contributed by atoms with Crippen LogP contribution in [0, 0.1) is 0 Å². The average Bonchev–Trinajstić information content (AvgIpc) is 3.50. The summed E-state index contributed by atoms with van der Waals surface area (Å²) in [6.45, 7) is 1.26. The molecule has 4 rings (SSSR count). The molecule has 1 aromatic carbocycles. The Balaban J connectivity index is 1.28. The Morgan fingerprint density at radius 3 is 2.55 bits per heavy atom. The van der Waals surface area contributed by atoms with Gasteiger partial charge in [0, 0.05) is 31.7 Å². The Kier molecular flexibility index (Phi) is 6.60. The van der Waals surface area contributed by atoms with Gasteiger partial charge in [0.25, 0.3) is 15.2 Å². The van der Waals surface area contributed by atoms with Crippen LogP contribution in [-0.4, -0.2) is 72.8 Å². The second-order valence-electron chi connectivity index (χ2n) is 6.61. The van der Waals surface area contributed by atoms with Crippen LogP contribution in [0.1, 0.15) is 0 Å². The van der Waals surface area contributed by atoms with Crippen LogP contribution >= 0.6 is 23.1 Å². The minimum absolute atomic E-state index is 0.0950. The molecule has 0 spiro atoms. The number of rotatable bonds is 7. The normalized spacial score (nSPS) is 15.2. The van der Waals surface area contributed by atoms with Crippen molar-refractivity contribution in [2.45, 2.75) is 9.43 Å². The highest BCUT2D eigenvalue weighted by Crippen LogP contribution is 2.26. The predicted molar refractivity (Wildman–Crippen MR) is 117 cm³/mol. The Morgan fingerprint density at radius 2 is 1.90 bits per heavy atom. The van der Waals surface area contributed by atoms with Gasteiger partial charge in [0.05, 0.1) is 12.9 Å². The molecule has 0 atom stereocenters. The van der Waals surface area contributed by atoms with E-state index in [1.807, 2.05) is 12.1 Å². The van der Waals surface area contributed by atoms with E-state index < -0.39 is 10.0 Å². The lowest BCUT2D eigenvalue weighted by atomic mass is 10.2. The smallest absolute Gasteiger partial charge is 0.277 e. The van der Waals surface area contributed by atoms with E-state index in [1.165, 1.54) is 15.6 Å². The van der Waals surface area contributed by atoms with E-state index in [1.54, 1.807) is 41.7 Å². The molecule has 1 aliphatic heterocycles. The van der Waals surface area contributed by atoms with Crippen molar-refractivity contribution in [2.24, 2.45) is 0 Å². The van der Waals surface area contributed by atoms with Crippen molar-refractivity contribution in [3.05, 3.63) is 41.8 Å². The second-order valence-corrected chi connectivity index (χ2v) is 10.6. The second kappa shape index (κ2) is 9.39. The zero-order chi connectivity index (χ0) is 21.8. The summed E-state index contributed by atoms with van der Waals surface area (Å²) in [5.74, 6) is 1.14. The molecular formula is C19H20N4O5S3. The number of ether oxygens (including phenoxy) is 1. The first kappa shape index (κ1) is 21.8. The van der Waals surface area contributed by atoms with Crippen molar-refractivity contribution in [3.8, 4) is 17.2 Å². The third kappa shape index (κ3) is 4.92. The van der Waals surface area contributed by atoms with Crippen molar-refractivity contribution in [1.82, 2.24) is 19.4 Å². The lowest BCUT2D eigenvalue weighted by Crippen LogP contribution is -2.50. The largest absolute Gasteiger partial charge is 0.497 e. The molecule has 2 aromatic heterocycles. The minimum Gasteiger partial charge on any atom is -0.497 e. The number of hydrogen-bond acceptors (Lipinski definition) is 9. The number of amides is 1. The van der Waals surface area contributed by atoms with E-state index in [4.69, 9.17) is 9.15 Å². The summed E-state index contributed by atoms with van der Waals surface area (Å²) in [5.41, 5.74) is 0.759. The fraction of sp³-hybridized carbons (Fsp3) is 0.316. The van der Waals surface area contributed by atoms with Crippen molar-refractivity contribution in [3.63, 3.8) is 0 Å². The van der Waals surface area contributed by atoms with Crippen molar-refractivity contribution in [2.75, 3.05) is 39.0 Å². The topological polar surface area (TPSA) is 106 Å². The van der Waals surface area contributed by atoms with Gasteiger partial charge in [-0.2, -0.15) is 4.31 Å². The standard InChI is InChI=1S/C19H20N4O5S3/c1-27-15-6-4-14(5-7-15)18-20-21-19(28-18)30-13-16(24)22-8-10-23(11-9-22)31(25,26)17-3-2-12-29-17/h2-7,12H,8-11,13H2,1H3. The van der Waals surface area contributed by atoms with Crippen LogP contribution in [0.15, 0.2) is 55.6 Å². The van der Waals surface area contributed by atoms with Gasteiger partial charge >= 0.3 is 0 Å². The van der Waals surface area contributed by atoms with E-state index in [0.717, 1.165) is 23.1 Å². The molecule has 164 valence electrons. The number of thiophene rings is 1. The molecule has 3 aromatic rings.